The van der Waals surface area contributed by atoms with E-state index in [0.717, 1.165) is 89.1 Å². The lowest BCUT2D eigenvalue weighted by Gasteiger charge is -2.20. The number of β-amino-alcohol motifs (C(OH)–C–C–N with tert-alkyl or cyclic N) is 1. The third-order valence-electron chi connectivity index (χ3n) is 11.3. The summed E-state index contributed by atoms with van der Waals surface area (Å²) in [5, 5.41) is 20.9. The molecule has 3 aromatic heterocycles. The molecule has 11 nitrogen and oxygen atoms in total. The average Bonchev–Trinajstić information content (AvgIpc) is 3.93. The van der Waals surface area contributed by atoms with Gasteiger partial charge in [-0.2, -0.15) is 14.9 Å². The fourth-order valence-electron chi connectivity index (χ4n) is 8.14. The van der Waals surface area contributed by atoms with Crippen molar-refractivity contribution in [2.75, 3.05) is 26.2 Å². The predicted octanol–water partition coefficient (Wildman–Crippen LogP) is 8.16. The molecule has 0 bridgehead atoms. The molecule has 0 aliphatic carbocycles. The molecule has 2 aliphatic rings. The molecule has 0 unspecified atom stereocenters. The lowest BCUT2D eigenvalue weighted by atomic mass is 9.90. The van der Waals surface area contributed by atoms with Crippen molar-refractivity contribution < 1.29 is 24.2 Å². The van der Waals surface area contributed by atoms with Gasteiger partial charge in [-0.3, -0.25) is 24.8 Å². The number of hydrogen-bond acceptors (Lipinski definition) is 11. The number of carbonyl (C=O) groups excluding carboxylic acids is 2. The van der Waals surface area contributed by atoms with Gasteiger partial charge in [0.1, 0.15) is 30.8 Å². The van der Waals surface area contributed by atoms with Crippen LogP contribution >= 0.6 is 11.6 Å². The first kappa shape index (κ1) is 42.1. The molecule has 0 saturated carbocycles. The Morgan fingerprint density at radius 3 is 2.27 bits per heavy atom. The van der Waals surface area contributed by atoms with E-state index in [4.69, 9.17) is 40.6 Å². The molecule has 5 heterocycles. The van der Waals surface area contributed by atoms with Gasteiger partial charge in [-0.1, -0.05) is 48.0 Å². The highest BCUT2D eigenvalue weighted by Gasteiger charge is 2.21. The molecule has 8 rings (SSSR count). The molecule has 3 aromatic carbocycles. The van der Waals surface area contributed by atoms with Crippen molar-refractivity contribution in [1.29, 1.82) is 5.26 Å². The van der Waals surface area contributed by atoms with E-state index >= 15 is 0 Å². The number of pyridine rings is 3. The van der Waals surface area contributed by atoms with E-state index in [2.05, 4.69) is 77.2 Å². The summed E-state index contributed by atoms with van der Waals surface area (Å²) in [6, 6.07) is 24.9. The summed E-state index contributed by atoms with van der Waals surface area (Å²) in [6.07, 6.45) is 11.0. The number of likely N-dealkylation sites (tertiary alicyclic amines) is 2. The molecule has 1 N–H and O–H groups in total. The second kappa shape index (κ2) is 19.8. The number of halogens is 1. The highest BCUT2D eigenvalue weighted by molar-refractivity contribution is 6.32. The first-order valence-electron chi connectivity index (χ1n) is 20.2. The van der Waals surface area contributed by atoms with Crippen LogP contribution in [0.4, 0.5) is 0 Å². The van der Waals surface area contributed by atoms with E-state index in [1.807, 2.05) is 30.6 Å². The highest BCUT2D eigenvalue weighted by Crippen LogP contribution is 2.37. The minimum Gasteiger partial charge on any atom is -0.488 e. The number of aromatic nitrogens is 3. The molecule has 1 atom stereocenters. The molecule has 0 amide bonds. The minimum atomic E-state index is -0.236. The fourth-order valence-corrected chi connectivity index (χ4v) is 8.38. The summed E-state index contributed by atoms with van der Waals surface area (Å²) >= 11 is 6.90. The summed E-state index contributed by atoms with van der Waals surface area (Å²) in [7, 11) is 0. The second-order valence-corrected chi connectivity index (χ2v) is 15.8. The smallest absolute Gasteiger partial charge is 0.373 e. The van der Waals surface area contributed by atoms with Gasteiger partial charge in [0.05, 0.1) is 27.9 Å². The number of fused-ring (bicyclic) bond motifs is 1. The van der Waals surface area contributed by atoms with Crippen molar-refractivity contribution in [3.05, 3.63) is 147 Å². The number of hydrogen-bond donors (Lipinski definition) is 1. The van der Waals surface area contributed by atoms with Gasteiger partial charge in [0.2, 0.25) is 0 Å². The van der Waals surface area contributed by atoms with Crippen LogP contribution in [0.25, 0.3) is 22.0 Å². The number of benzene rings is 3. The van der Waals surface area contributed by atoms with Crippen LogP contribution in [-0.2, 0) is 42.3 Å². The molecule has 6 aromatic rings. The predicted molar refractivity (Wildman–Crippen MR) is 228 cm³/mol. The summed E-state index contributed by atoms with van der Waals surface area (Å²) in [4.78, 5) is 34.8. The zero-order valence-corrected chi connectivity index (χ0v) is 34.6. The standard InChI is InChI=1S/C47H47ClN6O3.CO2/c1-31-36(20-44-47-37(11-13-51-44)18-34(25-52-47)26-54-16-12-40(55)28-54)7-5-9-41(31)42-10-6-8-38(32(42)2)30-57-46-21-45(56-29-35-17-33(22-49)23-50-24-35)39(19-43(46)48)27-53-14-3-4-15-53;2-1-3/h5-11,13,17-19,21,23-25,40,55H,3-4,12,14-16,20,26-30H2,1-2H3;/t40-;/m1./s1. The van der Waals surface area contributed by atoms with Crippen LogP contribution in [-0.4, -0.2) is 68.3 Å². The number of nitriles is 1. The largest absolute Gasteiger partial charge is 0.488 e. The fraction of sp³-hybridized carbons (Fsp3) is 0.312. The minimum absolute atomic E-state index is 0.236. The van der Waals surface area contributed by atoms with Crippen LogP contribution < -0.4 is 9.47 Å². The van der Waals surface area contributed by atoms with Gasteiger partial charge < -0.3 is 14.6 Å². The Labute approximate surface area is 355 Å². The monoisotopic (exact) mass is 822 g/mol. The van der Waals surface area contributed by atoms with Crippen LogP contribution in [0.15, 0.2) is 91.5 Å². The Morgan fingerprint density at radius 2 is 1.53 bits per heavy atom. The van der Waals surface area contributed by atoms with Crippen molar-refractivity contribution in [1.82, 2.24) is 24.8 Å². The maximum Gasteiger partial charge on any atom is 0.373 e. The number of nitrogens with zero attached hydrogens (tertiary/aromatic N) is 6. The highest BCUT2D eigenvalue weighted by atomic mass is 35.5. The number of ether oxygens (including phenoxy) is 2. The Bertz CT molecular complexity index is 2550. The molecule has 2 fully saturated rings. The van der Waals surface area contributed by atoms with Gasteiger partial charge in [0.15, 0.2) is 0 Å². The molecular formula is C48H47ClN6O5. The summed E-state index contributed by atoms with van der Waals surface area (Å²) in [5.74, 6) is 1.27. The SMILES string of the molecule is Cc1c(COc2cc(OCc3cncc(C#N)c3)c(CN3CCCC3)cc2Cl)cccc1-c1cccc(Cc2nccc3cc(CN4CC[C@@H](O)C4)cnc23)c1C.O=C=O. The van der Waals surface area contributed by atoms with E-state index in [0.29, 0.717) is 41.7 Å². The van der Waals surface area contributed by atoms with Gasteiger partial charge in [-0.15, -0.1) is 0 Å². The van der Waals surface area contributed by atoms with Gasteiger partial charge >= 0.3 is 6.15 Å². The van der Waals surface area contributed by atoms with Crippen LogP contribution in [0.5, 0.6) is 11.5 Å². The number of aliphatic hydroxyl groups is 1. The first-order chi connectivity index (χ1) is 29.2. The van der Waals surface area contributed by atoms with Gasteiger partial charge in [-0.05, 0) is 109 Å². The maximum absolute atomic E-state index is 9.96. The van der Waals surface area contributed by atoms with Gasteiger partial charge in [-0.25, -0.2) is 0 Å². The van der Waals surface area contributed by atoms with Crippen molar-refractivity contribution in [2.45, 2.75) is 71.9 Å². The van der Waals surface area contributed by atoms with E-state index in [9.17, 15) is 10.4 Å². The second-order valence-electron chi connectivity index (χ2n) is 15.4. The van der Waals surface area contributed by atoms with Crippen LogP contribution in [0.1, 0.15) is 69.5 Å². The topological polar surface area (TPSA) is 142 Å². The lowest BCUT2D eigenvalue weighted by Crippen LogP contribution is -2.21. The Hall–Kier alpha value is -5.99. The number of rotatable bonds is 13. The van der Waals surface area contributed by atoms with E-state index < -0.39 is 0 Å². The van der Waals surface area contributed by atoms with Gasteiger partial charge in [0.25, 0.3) is 0 Å². The molecule has 0 radical (unpaired) electrons. The van der Waals surface area contributed by atoms with Crippen molar-refractivity contribution in [2.24, 2.45) is 0 Å². The molecule has 2 aliphatic heterocycles. The van der Waals surface area contributed by atoms with Crippen molar-refractivity contribution in [3.63, 3.8) is 0 Å². The zero-order valence-electron chi connectivity index (χ0n) is 33.9. The zero-order chi connectivity index (χ0) is 42.0. The molecule has 2 saturated heterocycles. The van der Waals surface area contributed by atoms with E-state index in [1.54, 1.807) is 18.5 Å². The van der Waals surface area contributed by atoms with Crippen molar-refractivity contribution in [3.8, 4) is 28.7 Å². The third-order valence-corrected chi connectivity index (χ3v) is 11.6. The average molecular weight is 823 g/mol. The summed E-state index contributed by atoms with van der Waals surface area (Å²) in [5.41, 5.74) is 12.3. The van der Waals surface area contributed by atoms with Gasteiger partial charge in [0, 0.05) is 80.0 Å². The van der Waals surface area contributed by atoms with Crippen LogP contribution in [0.3, 0.4) is 0 Å². The Morgan fingerprint density at radius 1 is 0.800 bits per heavy atom. The molecule has 60 heavy (non-hydrogen) atoms. The lowest BCUT2D eigenvalue weighted by molar-refractivity contribution is -0.191. The maximum atomic E-state index is 9.96. The Kier molecular flexibility index (Phi) is 13.9. The normalized spacial score (nSPS) is 15.3. The number of aliphatic hydroxyl groups excluding tert-OH is 1. The molecule has 12 heteroatoms. The quantitative estimate of drug-likeness (QED) is 0.121. The van der Waals surface area contributed by atoms with E-state index in [-0.39, 0.29) is 18.9 Å². The Balaban J connectivity index is 0.00000176. The first-order valence-corrected chi connectivity index (χ1v) is 20.5. The summed E-state index contributed by atoms with van der Waals surface area (Å²) in [6.45, 7) is 10.2. The van der Waals surface area contributed by atoms with Crippen LogP contribution in [0.2, 0.25) is 5.02 Å². The summed E-state index contributed by atoms with van der Waals surface area (Å²) < 4.78 is 12.8. The molecule has 0 spiro atoms. The molecular weight excluding hydrogens is 776 g/mol. The van der Waals surface area contributed by atoms with Crippen LogP contribution in [0, 0.1) is 25.2 Å². The third kappa shape index (κ3) is 10.2. The molecule has 306 valence electrons. The van der Waals surface area contributed by atoms with E-state index in [1.165, 1.54) is 29.5 Å². The van der Waals surface area contributed by atoms with Crippen molar-refractivity contribution >= 4 is 28.7 Å².